The maximum Gasteiger partial charge on any atom is 0.416 e. The van der Waals surface area contributed by atoms with E-state index in [2.05, 4.69) is 10.3 Å². The number of hydrogen-bond donors (Lipinski definition) is 1. The second kappa shape index (κ2) is 4.70. The van der Waals surface area contributed by atoms with Gasteiger partial charge in [-0.05, 0) is 24.3 Å². The van der Waals surface area contributed by atoms with Crippen molar-refractivity contribution in [2.24, 2.45) is 0 Å². The highest BCUT2D eigenvalue weighted by Crippen LogP contribution is 2.33. The molecule has 0 radical (unpaired) electrons. The molecule has 0 bridgehead atoms. The van der Waals surface area contributed by atoms with E-state index in [1.54, 1.807) is 18.2 Å². The van der Waals surface area contributed by atoms with E-state index in [0.29, 0.717) is 30.3 Å². The van der Waals surface area contributed by atoms with Gasteiger partial charge >= 0.3 is 6.18 Å². The lowest BCUT2D eigenvalue weighted by molar-refractivity contribution is -0.137. The molecule has 1 aliphatic rings. The summed E-state index contributed by atoms with van der Waals surface area (Å²) in [4.78, 5) is 4.25. The van der Waals surface area contributed by atoms with Crippen molar-refractivity contribution in [1.29, 1.82) is 0 Å². The molecule has 6 heteroatoms. The number of pyridine rings is 1. The Bertz CT molecular complexity index is 641. The molecule has 1 aromatic heterocycles. The third-order valence-electron chi connectivity index (χ3n) is 3.00. The lowest BCUT2D eigenvalue weighted by Gasteiger charge is -2.18. The van der Waals surface area contributed by atoms with Gasteiger partial charge in [-0.25, -0.2) is 4.98 Å². The normalized spacial score (nSPS) is 14.2. The summed E-state index contributed by atoms with van der Waals surface area (Å²) in [7, 11) is 0. The highest BCUT2D eigenvalue weighted by molar-refractivity contribution is 5.65. The smallest absolute Gasteiger partial charge is 0.416 e. The van der Waals surface area contributed by atoms with Crippen LogP contribution in [0.3, 0.4) is 0 Å². The quantitative estimate of drug-likeness (QED) is 0.867. The van der Waals surface area contributed by atoms with Gasteiger partial charge in [-0.1, -0.05) is 12.1 Å². The first kappa shape index (κ1) is 12.8. The Labute approximate surface area is 113 Å². The molecule has 2 heterocycles. The minimum atomic E-state index is -4.36. The van der Waals surface area contributed by atoms with E-state index in [1.807, 2.05) is 0 Å². The fourth-order valence-electron chi connectivity index (χ4n) is 2.03. The number of fused-ring (bicyclic) bond motifs is 1. The van der Waals surface area contributed by atoms with Gasteiger partial charge in [0.15, 0.2) is 0 Å². The van der Waals surface area contributed by atoms with Crippen molar-refractivity contribution in [2.45, 2.75) is 6.18 Å². The summed E-state index contributed by atoms with van der Waals surface area (Å²) in [5.41, 5.74) is 0.941. The molecule has 0 atom stereocenters. The summed E-state index contributed by atoms with van der Waals surface area (Å²) in [5.74, 6) is 0.422. The van der Waals surface area contributed by atoms with Gasteiger partial charge in [0.05, 0.1) is 16.9 Å². The highest BCUT2D eigenvalue weighted by Gasteiger charge is 2.30. The molecule has 0 unspecified atom stereocenters. The van der Waals surface area contributed by atoms with Crippen molar-refractivity contribution in [3.8, 4) is 17.1 Å². The molecule has 0 fully saturated rings. The number of hydrogen-bond acceptors (Lipinski definition) is 3. The fraction of sp³-hybridized carbons (Fsp3) is 0.214. The van der Waals surface area contributed by atoms with Gasteiger partial charge in [0, 0.05) is 12.1 Å². The summed E-state index contributed by atoms with van der Waals surface area (Å²) in [5, 5.41) is 3.11. The summed E-state index contributed by atoms with van der Waals surface area (Å²) in [6.45, 7) is 1.18. The van der Waals surface area contributed by atoms with E-state index >= 15 is 0 Å². The van der Waals surface area contributed by atoms with Gasteiger partial charge in [-0.3, -0.25) is 0 Å². The molecule has 0 amide bonds. The van der Waals surface area contributed by atoms with E-state index in [4.69, 9.17) is 4.74 Å². The first-order chi connectivity index (χ1) is 9.54. The number of rotatable bonds is 1. The van der Waals surface area contributed by atoms with Gasteiger partial charge in [0.2, 0.25) is 5.88 Å². The third-order valence-corrected chi connectivity index (χ3v) is 3.00. The zero-order valence-electron chi connectivity index (χ0n) is 10.4. The van der Waals surface area contributed by atoms with Crippen molar-refractivity contribution in [3.63, 3.8) is 0 Å². The van der Waals surface area contributed by atoms with Crippen molar-refractivity contribution in [3.05, 3.63) is 42.0 Å². The number of anilines is 1. The monoisotopic (exact) mass is 280 g/mol. The number of nitrogens with one attached hydrogen (secondary N) is 1. The van der Waals surface area contributed by atoms with Crippen molar-refractivity contribution >= 4 is 5.69 Å². The van der Waals surface area contributed by atoms with Crippen LogP contribution in [0.2, 0.25) is 0 Å². The summed E-state index contributed by atoms with van der Waals surface area (Å²) >= 11 is 0. The molecule has 2 aromatic rings. The largest absolute Gasteiger partial charge is 0.474 e. The highest BCUT2D eigenvalue weighted by atomic mass is 19.4. The Morgan fingerprint density at radius 3 is 2.80 bits per heavy atom. The Kier molecular flexibility index (Phi) is 3.00. The Morgan fingerprint density at radius 1 is 1.15 bits per heavy atom. The molecule has 0 saturated heterocycles. The minimum Gasteiger partial charge on any atom is -0.474 e. The van der Waals surface area contributed by atoms with Crippen LogP contribution in [-0.4, -0.2) is 18.1 Å². The minimum absolute atomic E-state index is 0.414. The SMILES string of the molecule is FC(F)(F)c1cccc(-c2ccc3c(n2)OCCN3)c1. The average Bonchev–Trinajstić information content (AvgIpc) is 2.46. The van der Waals surface area contributed by atoms with Gasteiger partial charge in [-0.15, -0.1) is 0 Å². The zero-order valence-corrected chi connectivity index (χ0v) is 10.4. The van der Waals surface area contributed by atoms with Crippen LogP contribution in [0.4, 0.5) is 18.9 Å². The standard InChI is InChI=1S/C14H11F3N2O/c15-14(16,17)10-3-1-2-9(8-10)11-4-5-12-13(19-11)20-7-6-18-12/h1-5,8,18H,6-7H2. The third kappa shape index (κ3) is 2.41. The first-order valence-corrected chi connectivity index (χ1v) is 6.09. The molecular formula is C14H11F3N2O. The number of aromatic nitrogens is 1. The van der Waals surface area contributed by atoms with Crippen LogP contribution in [0.15, 0.2) is 36.4 Å². The maximum absolute atomic E-state index is 12.7. The average molecular weight is 280 g/mol. The summed E-state index contributed by atoms with van der Waals surface area (Å²) in [6.07, 6.45) is -4.36. The van der Waals surface area contributed by atoms with Crippen LogP contribution in [0.5, 0.6) is 5.88 Å². The number of alkyl halides is 3. The maximum atomic E-state index is 12.7. The number of ether oxygens (including phenoxy) is 1. The summed E-state index contributed by atoms with van der Waals surface area (Å²) < 4.78 is 43.5. The van der Waals surface area contributed by atoms with Crippen molar-refractivity contribution in [2.75, 3.05) is 18.5 Å². The number of halogens is 3. The van der Waals surface area contributed by atoms with E-state index in [0.717, 1.165) is 17.8 Å². The van der Waals surface area contributed by atoms with E-state index in [1.165, 1.54) is 6.07 Å². The van der Waals surface area contributed by atoms with Crippen molar-refractivity contribution < 1.29 is 17.9 Å². The molecule has 3 nitrogen and oxygen atoms in total. The molecule has 1 aliphatic heterocycles. The molecule has 3 rings (SSSR count). The summed E-state index contributed by atoms with van der Waals surface area (Å²) in [6, 6.07) is 8.54. The van der Waals surface area contributed by atoms with Crippen LogP contribution >= 0.6 is 0 Å². The predicted molar refractivity (Wildman–Crippen MR) is 68.7 cm³/mol. The van der Waals surface area contributed by atoms with Crippen LogP contribution < -0.4 is 10.1 Å². The topological polar surface area (TPSA) is 34.1 Å². The van der Waals surface area contributed by atoms with E-state index in [-0.39, 0.29) is 0 Å². The molecule has 1 aromatic carbocycles. The second-order valence-electron chi connectivity index (χ2n) is 4.40. The number of nitrogens with zero attached hydrogens (tertiary/aromatic N) is 1. The van der Waals surface area contributed by atoms with Crippen LogP contribution in [0.1, 0.15) is 5.56 Å². The van der Waals surface area contributed by atoms with Gasteiger partial charge in [0.1, 0.15) is 6.61 Å². The molecule has 0 aliphatic carbocycles. The van der Waals surface area contributed by atoms with Crippen molar-refractivity contribution in [1.82, 2.24) is 4.98 Å². The number of benzene rings is 1. The lowest BCUT2D eigenvalue weighted by Crippen LogP contribution is -2.18. The first-order valence-electron chi connectivity index (χ1n) is 6.09. The van der Waals surface area contributed by atoms with E-state index in [9.17, 15) is 13.2 Å². The molecule has 0 saturated carbocycles. The molecule has 0 spiro atoms. The van der Waals surface area contributed by atoms with Gasteiger partial charge in [-0.2, -0.15) is 13.2 Å². The van der Waals surface area contributed by atoms with E-state index < -0.39 is 11.7 Å². The molecule has 20 heavy (non-hydrogen) atoms. The zero-order chi connectivity index (χ0) is 14.2. The van der Waals surface area contributed by atoms with Gasteiger partial charge in [0.25, 0.3) is 0 Å². The lowest BCUT2D eigenvalue weighted by atomic mass is 10.1. The van der Waals surface area contributed by atoms with Crippen LogP contribution in [0.25, 0.3) is 11.3 Å². The van der Waals surface area contributed by atoms with Gasteiger partial charge < -0.3 is 10.1 Å². The second-order valence-corrected chi connectivity index (χ2v) is 4.40. The molecular weight excluding hydrogens is 269 g/mol. The fourth-order valence-corrected chi connectivity index (χ4v) is 2.03. The van der Waals surface area contributed by atoms with Crippen LogP contribution in [-0.2, 0) is 6.18 Å². The molecule has 1 N–H and O–H groups in total. The Morgan fingerprint density at radius 2 is 2.00 bits per heavy atom. The Hall–Kier alpha value is -2.24. The molecule has 104 valence electrons. The van der Waals surface area contributed by atoms with Crippen LogP contribution in [0, 0.1) is 0 Å². The predicted octanol–water partition coefficient (Wildman–Crippen LogP) is 3.57. The Balaban J connectivity index is 2.01.